The number of aliphatic hydroxyl groups is 1. The molecule has 1 atom stereocenters. The van der Waals surface area contributed by atoms with Gasteiger partial charge in [0.1, 0.15) is 0 Å². The van der Waals surface area contributed by atoms with E-state index in [1.165, 1.54) is 5.01 Å². The topological polar surface area (TPSA) is 48.4 Å². The molecule has 0 saturated carbocycles. The van der Waals surface area contributed by atoms with E-state index in [4.69, 9.17) is 5.11 Å². The molecule has 0 aliphatic rings. The summed E-state index contributed by atoms with van der Waals surface area (Å²) in [5.41, 5.74) is 1.11. The third-order valence-corrected chi connectivity index (χ3v) is 3.59. The molecular formula is C12H23N3OS. The number of likely N-dealkylation sites (N-methyl/N-ethyl adjacent to an activating group) is 1. The molecule has 0 aliphatic carbocycles. The number of aliphatic hydroxyl groups excluding tert-OH is 1. The van der Waals surface area contributed by atoms with E-state index in [0.717, 1.165) is 31.7 Å². The number of aryl methyl sites for hydroxylation is 1. The Morgan fingerprint density at radius 3 is 2.94 bits per heavy atom. The Bertz CT molecular complexity index is 316. The fraction of sp³-hybridized carbons (Fsp3) is 0.750. The summed E-state index contributed by atoms with van der Waals surface area (Å²) >= 11 is 1.73. The van der Waals surface area contributed by atoms with Gasteiger partial charge in [-0.25, -0.2) is 4.98 Å². The van der Waals surface area contributed by atoms with Gasteiger partial charge < -0.3 is 15.3 Å². The van der Waals surface area contributed by atoms with Gasteiger partial charge in [-0.3, -0.25) is 0 Å². The molecule has 0 unspecified atom stereocenters. The van der Waals surface area contributed by atoms with Crippen LogP contribution in [0.15, 0.2) is 5.38 Å². The summed E-state index contributed by atoms with van der Waals surface area (Å²) in [6.45, 7) is 7.07. The van der Waals surface area contributed by atoms with Crippen molar-refractivity contribution in [2.75, 3.05) is 33.3 Å². The van der Waals surface area contributed by atoms with E-state index in [0.29, 0.717) is 6.04 Å². The highest BCUT2D eigenvalue weighted by molar-refractivity contribution is 7.09. The highest BCUT2D eigenvalue weighted by Crippen LogP contribution is 2.08. The van der Waals surface area contributed by atoms with Crippen molar-refractivity contribution in [2.24, 2.45) is 0 Å². The number of nitrogens with one attached hydrogen (secondary N) is 1. The van der Waals surface area contributed by atoms with Crippen LogP contribution in [-0.4, -0.2) is 54.3 Å². The molecule has 4 nitrogen and oxygen atoms in total. The Morgan fingerprint density at radius 1 is 1.59 bits per heavy atom. The lowest BCUT2D eigenvalue weighted by molar-refractivity contribution is 0.211. The minimum absolute atomic E-state index is 0.224. The van der Waals surface area contributed by atoms with Crippen molar-refractivity contribution in [3.63, 3.8) is 0 Å². The summed E-state index contributed by atoms with van der Waals surface area (Å²) in [4.78, 5) is 6.56. The summed E-state index contributed by atoms with van der Waals surface area (Å²) in [7, 11) is 2.03. The predicted molar refractivity (Wildman–Crippen MR) is 72.6 cm³/mol. The van der Waals surface area contributed by atoms with Crippen molar-refractivity contribution < 1.29 is 5.11 Å². The molecule has 0 saturated heterocycles. The number of aromatic nitrogens is 1. The van der Waals surface area contributed by atoms with Crippen LogP contribution in [0, 0.1) is 6.92 Å². The molecule has 5 heteroatoms. The van der Waals surface area contributed by atoms with Gasteiger partial charge in [-0.1, -0.05) is 0 Å². The summed E-state index contributed by atoms with van der Waals surface area (Å²) in [5.74, 6) is 0. The van der Waals surface area contributed by atoms with Crippen LogP contribution >= 0.6 is 11.3 Å². The average Bonchev–Trinajstić information content (AvgIpc) is 2.64. The first-order chi connectivity index (χ1) is 8.11. The number of thiazole rings is 1. The highest BCUT2D eigenvalue weighted by atomic mass is 32.1. The van der Waals surface area contributed by atoms with Crippen LogP contribution in [0.4, 0.5) is 0 Å². The van der Waals surface area contributed by atoms with Gasteiger partial charge in [0.15, 0.2) is 0 Å². The molecule has 0 amide bonds. The van der Waals surface area contributed by atoms with Gasteiger partial charge in [0.25, 0.3) is 0 Å². The van der Waals surface area contributed by atoms with Crippen molar-refractivity contribution in [3.8, 4) is 0 Å². The molecule has 0 spiro atoms. The van der Waals surface area contributed by atoms with Gasteiger partial charge in [0, 0.05) is 43.2 Å². The maximum absolute atomic E-state index is 8.81. The van der Waals surface area contributed by atoms with Crippen LogP contribution in [0.2, 0.25) is 0 Å². The molecule has 17 heavy (non-hydrogen) atoms. The average molecular weight is 257 g/mol. The molecule has 0 fully saturated rings. The second-order valence-corrected chi connectivity index (χ2v) is 5.42. The quantitative estimate of drug-likeness (QED) is 0.726. The Kier molecular flexibility index (Phi) is 6.65. The molecule has 0 aromatic carbocycles. The molecule has 2 N–H and O–H groups in total. The zero-order valence-corrected chi connectivity index (χ0v) is 11.8. The summed E-state index contributed by atoms with van der Waals surface area (Å²) in [6.07, 6.45) is 0.993. The lowest BCUT2D eigenvalue weighted by Gasteiger charge is -2.21. The van der Waals surface area contributed by atoms with Gasteiger partial charge in [-0.15, -0.1) is 11.3 Å². The smallest absolute Gasteiger partial charge is 0.0940 e. The lowest BCUT2D eigenvalue weighted by atomic mass is 10.3. The van der Waals surface area contributed by atoms with Crippen LogP contribution in [0.1, 0.15) is 17.6 Å². The van der Waals surface area contributed by atoms with E-state index in [1.54, 1.807) is 11.3 Å². The molecule has 0 radical (unpaired) electrons. The van der Waals surface area contributed by atoms with Gasteiger partial charge in [-0.2, -0.15) is 0 Å². The SMILES string of the molecule is Cc1csc(CCN[C@H](C)CN(C)CCO)n1. The Morgan fingerprint density at radius 2 is 2.35 bits per heavy atom. The second kappa shape index (κ2) is 7.76. The molecule has 1 rings (SSSR count). The second-order valence-electron chi connectivity index (χ2n) is 4.47. The van der Waals surface area contributed by atoms with Crippen LogP contribution in [0.3, 0.4) is 0 Å². The Labute approximate surface area is 108 Å². The molecular weight excluding hydrogens is 234 g/mol. The van der Waals surface area contributed by atoms with Crippen LogP contribution in [0.25, 0.3) is 0 Å². The number of hydrogen-bond donors (Lipinski definition) is 2. The minimum atomic E-state index is 0.224. The van der Waals surface area contributed by atoms with E-state index in [-0.39, 0.29) is 6.61 Å². The van der Waals surface area contributed by atoms with Crippen LogP contribution in [0.5, 0.6) is 0 Å². The largest absolute Gasteiger partial charge is 0.395 e. The highest BCUT2D eigenvalue weighted by Gasteiger charge is 2.05. The predicted octanol–water partition coefficient (Wildman–Crippen LogP) is 0.896. The maximum Gasteiger partial charge on any atom is 0.0940 e. The van der Waals surface area contributed by atoms with Crippen molar-refractivity contribution in [1.29, 1.82) is 0 Å². The van der Waals surface area contributed by atoms with E-state index in [1.807, 2.05) is 14.0 Å². The summed E-state index contributed by atoms with van der Waals surface area (Å²) in [6, 6.07) is 0.438. The fourth-order valence-electron chi connectivity index (χ4n) is 1.74. The van der Waals surface area contributed by atoms with Gasteiger partial charge >= 0.3 is 0 Å². The molecule has 1 heterocycles. The lowest BCUT2D eigenvalue weighted by Crippen LogP contribution is -2.39. The van der Waals surface area contributed by atoms with E-state index in [2.05, 4.69) is 27.5 Å². The maximum atomic E-state index is 8.81. The first-order valence-electron chi connectivity index (χ1n) is 6.05. The van der Waals surface area contributed by atoms with Crippen LogP contribution in [-0.2, 0) is 6.42 Å². The molecule has 1 aromatic rings. The molecule has 0 bridgehead atoms. The van der Waals surface area contributed by atoms with Crippen molar-refractivity contribution >= 4 is 11.3 Å². The normalized spacial score (nSPS) is 13.2. The number of rotatable bonds is 8. The molecule has 1 aromatic heterocycles. The minimum Gasteiger partial charge on any atom is -0.395 e. The Hall–Kier alpha value is -0.490. The fourth-order valence-corrected chi connectivity index (χ4v) is 2.51. The molecule has 98 valence electrons. The van der Waals surface area contributed by atoms with Gasteiger partial charge in [-0.05, 0) is 20.9 Å². The van der Waals surface area contributed by atoms with Crippen molar-refractivity contribution in [3.05, 3.63) is 16.1 Å². The zero-order valence-electron chi connectivity index (χ0n) is 10.9. The summed E-state index contributed by atoms with van der Waals surface area (Å²) in [5, 5.41) is 15.6. The third-order valence-electron chi connectivity index (χ3n) is 2.57. The third kappa shape index (κ3) is 6.12. The van der Waals surface area contributed by atoms with Crippen LogP contribution < -0.4 is 5.32 Å². The van der Waals surface area contributed by atoms with E-state index < -0.39 is 0 Å². The van der Waals surface area contributed by atoms with E-state index in [9.17, 15) is 0 Å². The molecule has 0 aliphatic heterocycles. The first-order valence-corrected chi connectivity index (χ1v) is 6.93. The number of nitrogens with zero attached hydrogens (tertiary/aromatic N) is 2. The number of hydrogen-bond acceptors (Lipinski definition) is 5. The van der Waals surface area contributed by atoms with Crippen molar-refractivity contribution in [2.45, 2.75) is 26.3 Å². The van der Waals surface area contributed by atoms with Gasteiger partial charge in [0.05, 0.1) is 11.6 Å². The summed E-state index contributed by atoms with van der Waals surface area (Å²) < 4.78 is 0. The Balaban J connectivity index is 2.13. The standard InChI is InChI=1S/C12H23N3OS/c1-10(8-15(3)6-7-16)13-5-4-12-14-11(2)9-17-12/h9-10,13,16H,4-8H2,1-3H3/t10-/m1/s1. The van der Waals surface area contributed by atoms with Crippen molar-refractivity contribution in [1.82, 2.24) is 15.2 Å². The monoisotopic (exact) mass is 257 g/mol. The van der Waals surface area contributed by atoms with Gasteiger partial charge in [0.2, 0.25) is 0 Å². The van der Waals surface area contributed by atoms with E-state index >= 15 is 0 Å². The first kappa shape index (κ1) is 14.6. The zero-order chi connectivity index (χ0) is 12.7.